The molecule has 0 aliphatic carbocycles. The molecule has 10 unspecified atom stereocenters. The summed E-state index contributed by atoms with van der Waals surface area (Å²) in [7, 11) is 0. The molecule has 0 spiro atoms. The fourth-order valence-corrected chi connectivity index (χ4v) is 7.81. The number of carboxylic acid groups (broad SMARTS) is 1. The predicted molar refractivity (Wildman–Crippen MR) is 194 cm³/mol. The minimum Gasteiger partial charge on any atom is -0.479 e. The summed E-state index contributed by atoms with van der Waals surface area (Å²) in [5.74, 6) is -4.52. The molecule has 5 saturated heterocycles. The van der Waals surface area contributed by atoms with Gasteiger partial charge in [-0.2, -0.15) is 0 Å². The number of hydrogen-bond donors (Lipinski definition) is 12. The van der Waals surface area contributed by atoms with E-state index in [2.05, 4.69) is 5.32 Å². The van der Waals surface area contributed by atoms with Crippen LogP contribution in [0.2, 0.25) is 0 Å². The maximum Gasteiger partial charge on any atom is 0.335 e. The molecule has 25 atom stereocenters. The highest BCUT2D eigenvalue weighted by Crippen LogP contribution is 2.36. The van der Waals surface area contributed by atoms with E-state index in [1.54, 1.807) is 0 Å². The van der Waals surface area contributed by atoms with E-state index in [0.29, 0.717) is 0 Å². The van der Waals surface area contributed by atoms with E-state index < -0.39 is 184 Å². The smallest absolute Gasteiger partial charge is 0.335 e. The first-order valence-corrected chi connectivity index (χ1v) is 19.9. The maximum absolute atomic E-state index is 12.8. The Morgan fingerprint density at radius 1 is 0.492 bits per heavy atom. The number of carboxylic acids is 1. The van der Waals surface area contributed by atoms with Crippen LogP contribution in [0.1, 0.15) is 41.5 Å². The van der Waals surface area contributed by atoms with E-state index in [-0.39, 0.29) is 0 Å². The molecule has 5 aliphatic heterocycles. The third-order valence-electron chi connectivity index (χ3n) is 11.1. The molecule has 0 radical (unpaired) electrons. The Bertz CT molecular complexity index is 1580. The third-order valence-corrected chi connectivity index (χ3v) is 11.1. The van der Waals surface area contributed by atoms with Gasteiger partial charge in [0.15, 0.2) is 55.9 Å². The average molecular weight is 920 g/mol. The highest BCUT2D eigenvalue weighted by Gasteiger charge is 2.58. The number of aliphatic hydroxyl groups excluding tert-OH is 10. The van der Waals surface area contributed by atoms with Crippen molar-refractivity contribution in [1.82, 2.24) is 5.32 Å². The quantitative estimate of drug-likeness (QED) is 0.0764. The molecule has 5 fully saturated rings. The number of esters is 2. The molecule has 0 saturated carbocycles. The minimum absolute atomic E-state index is 0.822. The Kier molecular flexibility index (Phi) is 17.2. The second-order valence-corrected chi connectivity index (χ2v) is 15.8. The second-order valence-electron chi connectivity index (χ2n) is 15.8. The summed E-state index contributed by atoms with van der Waals surface area (Å²) in [6.45, 7) is 6.02. The standard InChI is InChI=1S/C36H57NO26/c1-8-16(42)20(46)27(57-13(6)41)35(54-8)61-28-21(47)17(43)9(2)55-36(28)60-26-22(48)23(49)34(62-29(26)31(50)51)59-24-15(37-11(4)39)33(58-14(7-38)19(24)45)63-30-25(56-12(5)40)18(44)10(3)53-32(30)52/h8-10,14-30,32-36,38,42-49,52H,7H2,1-6H3,(H,37,39)(H,50,51)/t8-,9-,10?,14?,15-,16-,17-,18-,19-,20?,21?,22?,23-,24?,25?,26+,27?,28?,29?,30-,32+,33-,34+,35-,36-/m0/s1. The van der Waals surface area contributed by atoms with Crippen molar-refractivity contribution in [2.24, 2.45) is 0 Å². The lowest BCUT2D eigenvalue weighted by molar-refractivity contribution is -0.389. The summed E-state index contributed by atoms with van der Waals surface area (Å²) in [5, 5.41) is 121. The molecule has 0 aromatic heterocycles. The Morgan fingerprint density at radius 2 is 0.968 bits per heavy atom. The molecule has 362 valence electrons. The summed E-state index contributed by atoms with van der Waals surface area (Å²) in [6.07, 6.45) is -43.4. The van der Waals surface area contributed by atoms with Crippen LogP contribution < -0.4 is 5.32 Å². The van der Waals surface area contributed by atoms with E-state index in [4.69, 9.17) is 52.1 Å². The summed E-state index contributed by atoms with van der Waals surface area (Å²) in [6, 6.07) is -1.71. The van der Waals surface area contributed by atoms with Crippen LogP contribution in [0, 0.1) is 0 Å². The first-order valence-electron chi connectivity index (χ1n) is 19.9. The lowest BCUT2D eigenvalue weighted by Crippen LogP contribution is -2.70. The van der Waals surface area contributed by atoms with Crippen LogP contribution in [0.25, 0.3) is 0 Å². The van der Waals surface area contributed by atoms with Gasteiger partial charge in [0.05, 0.1) is 24.9 Å². The highest BCUT2D eigenvalue weighted by molar-refractivity contribution is 5.74. The van der Waals surface area contributed by atoms with Gasteiger partial charge in [-0.1, -0.05) is 0 Å². The summed E-state index contributed by atoms with van der Waals surface area (Å²) in [4.78, 5) is 49.1. The second kappa shape index (κ2) is 21.2. The van der Waals surface area contributed by atoms with Gasteiger partial charge in [-0.25, -0.2) is 4.79 Å². The van der Waals surface area contributed by atoms with Crippen LogP contribution >= 0.6 is 0 Å². The van der Waals surface area contributed by atoms with Crippen molar-refractivity contribution in [3.05, 3.63) is 0 Å². The summed E-state index contributed by atoms with van der Waals surface area (Å²) >= 11 is 0. The van der Waals surface area contributed by atoms with E-state index >= 15 is 0 Å². The number of hydrogen-bond acceptors (Lipinski definition) is 25. The van der Waals surface area contributed by atoms with E-state index in [0.717, 1.165) is 20.8 Å². The zero-order chi connectivity index (χ0) is 46.9. The Morgan fingerprint density at radius 3 is 1.51 bits per heavy atom. The van der Waals surface area contributed by atoms with Crippen molar-refractivity contribution in [2.45, 2.75) is 195 Å². The molecular formula is C36H57NO26. The Balaban J connectivity index is 1.41. The van der Waals surface area contributed by atoms with Gasteiger partial charge in [0.1, 0.15) is 79.3 Å². The fraction of sp³-hybridized carbons (Fsp3) is 0.889. The molecule has 27 heteroatoms. The van der Waals surface area contributed by atoms with Crippen LogP contribution in [0.15, 0.2) is 0 Å². The molecule has 0 aromatic rings. The number of carbonyl (C=O) groups excluding carboxylic acids is 3. The number of aliphatic hydroxyl groups is 10. The molecule has 12 N–H and O–H groups in total. The van der Waals surface area contributed by atoms with Gasteiger partial charge in [-0.15, -0.1) is 0 Å². The van der Waals surface area contributed by atoms with Gasteiger partial charge < -0.3 is 114 Å². The van der Waals surface area contributed by atoms with Crippen molar-refractivity contribution in [2.75, 3.05) is 6.61 Å². The number of carbonyl (C=O) groups is 4. The van der Waals surface area contributed by atoms with Crippen molar-refractivity contribution in [3.8, 4) is 0 Å². The van der Waals surface area contributed by atoms with Gasteiger partial charge >= 0.3 is 17.9 Å². The van der Waals surface area contributed by atoms with E-state index in [9.17, 15) is 75.3 Å². The highest BCUT2D eigenvalue weighted by atomic mass is 16.8. The predicted octanol–water partition coefficient (Wildman–Crippen LogP) is -7.46. The molecule has 63 heavy (non-hydrogen) atoms. The normalized spacial score (nSPS) is 48.2. The minimum atomic E-state index is -2.32. The molecule has 1 amide bonds. The van der Waals surface area contributed by atoms with Crippen molar-refractivity contribution in [1.29, 1.82) is 0 Å². The van der Waals surface area contributed by atoms with Crippen molar-refractivity contribution >= 4 is 23.8 Å². The van der Waals surface area contributed by atoms with Gasteiger partial charge in [0.2, 0.25) is 5.91 Å². The van der Waals surface area contributed by atoms with E-state index in [1.165, 1.54) is 20.8 Å². The lowest BCUT2D eigenvalue weighted by atomic mass is 9.94. The SMILES string of the molecule is CC(=O)N[C@H]1C(O[C@@H]2OC(C(=O)O)[C@H](O[C@@H]3O[C@@H](C)[C@H](O)C(O)C3O[C@@H]3O[C@@H](C)[C@H](O)C(O)C3OC(C)=O)C(O)[C@@H]2O)[C@@H](O)C(CO)O[C@H]1O[C@H]1C(OC(C)=O)[C@@H](O)C(C)O[C@H]1O. The Labute approximate surface area is 358 Å². The molecule has 27 nitrogen and oxygen atoms in total. The van der Waals surface area contributed by atoms with Crippen LogP contribution in [0.5, 0.6) is 0 Å². The summed E-state index contributed by atoms with van der Waals surface area (Å²) < 4.78 is 61.5. The first kappa shape index (κ1) is 51.1. The van der Waals surface area contributed by atoms with Gasteiger partial charge in [0.25, 0.3) is 0 Å². The largest absolute Gasteiger partial charge is 0.479 e. The fourth-order valence-electron chi connectivity index (χ4n) is 7.81. The molecule has 0 aromatic carbocycles. The molecular weight excluding hydrogens is 862 g/mol. The monoisotopic (exact) mass is 919 g/mol. The van der Waals surface area contributed by atoms with Crippen LogP contribution in [-0.4, -0.2) is 240 Å². The topological polar surface area (TPSA) is 404 Å². The molecule has 5 heterocycles. The Hall–Kier alpha value is -2.88. The van der Waals surface area contributed by atoms with Crippen molar-refractivity contribution in [3.63, 3.8) is 0 Å². The van der Waals surface area contributed by atoms with Gasteiger partial charge in [-0.05, 0) is 20.8 Å². The van der Waals surface area contributed by atoms with Crippen LogP contribution in [0.4, 0.5) is 0 Å². The van der Waals surface area contributed by atoms with Crippen LogP contribution in [0.3, 0.4) is 0 Å². The van der Waals surface area contributed by atoms with Crippen LogP contribution in [-0.2, 0) is 71.3 Å². The zero-order valence-electron chi connectivity index (χ0n) is 34.7. The van der Waals surface area contributed by atoms with Gasteiger partial charge in [-0.3, -0.25) is 14.4 Å². The number of aliphatic carboxylic acids is 1. The number of amides is 1. The average Bonchev–Trinajstić information content (AvgIpc) is 3.20. The number of ether oxygens (including phenoxy) is 11. The third kappa shape index (κ3) is 11.2. The van der Waals surface area contributed by atoms with E-state index in [1.807, 2.05) is 0 Å². The first-order chi connectivity index (χ1) is 29.5. The lowest BCUT2D eigenvalue weighted by Gasteiger charge is -2.50. The number of nitrogens with one attached hydrogen (secondary N) is 1. The number of rotatable bonds is 13. The summed E-state index contributed by atoms with van der Waals surface area (Å²) in [5.41, 5.74) is 0. The molecule has 5 aliphatic rings. The molecule has 5 rings (SSSR count). The van der Waals surface area contributed by atoms with Gasteiger partial charge in [0, 0.05) is 20.8 Å². The maximum atomic E-state index is 12.8. The van der Waals surface area contributed by atoms with Crippen molar-refractivity contribution < 1.29 is 127 Å². The molecule has 0 bridgehead atoms. The zero-order valence-corrected chi connectivity index (χ0v) is 34.7.